The Morgan fingerprint density at radius 1 is 1.00 bits per heavy atom. The van der Waals surface area contributed by atoms with E-state index in [4.69, 9.17) is 0 Å². The molecule has 2 aliphatic rings. The fraction of sp³-hybridized carbons (Fsp3) is 0.480. The van der Waals surface area contributed by atoms with Gasteiger partial charge < -0.3 is 10.2 Å². The molecule has 0 spiro atoms. The number of nitrogens with zero attached hydrogens (tertiary/aromatic N) is 3. The Bertz CT molecular complexity index is 968. The molecule has 9 heteroatoms. The highest BCUT2D eigenvalue weighted by molar-refractivity contribution is 5.94. The number of carbonyl (C=O) groups excluding carboxylic acids is 2. The van der Waals surface area contributed by atoms with Gasteiger partial charge in [-0.25, -0.2) is 0 Å². The van der Waals surface area contributed by atoms with Crippen molar-refractivity contribution in [2.24, 2.45) is 5.92 Å². The molecule has 1 N–H and O–H groups in total. The standard InChI is InChI=1S/C25H29F3N4O2/c26-25(27,28)20-10-8-19(9-11-20)24(34)32-15-13-31(14-16-32)22(18-5-1-2-6-18)23(33)30-17-21-7-3-4-12-29-21/h3-4,7-12,18,22H,1-2,5-6,13-17H2,(H,30,33). The molecule has 0 bridgehead atoms. The van der Waals surface area contributed by atoms with Crippen LogP contribution in [0.3, 0.4) is 0 Å². The molecule has 0 radical (unpaired) electrons. The van der Waals surface area contributed by atoms with Crippen molar-refractivity contribution in [1.29, 1.82) is 0 Å². The number of carbonyl (C=O) groups is 2. The molecule has 1 saturated heterocycles. The van der Waals surface area contributed by atoms with E-state index in [0.717, 1.165) is 43.5 Å². The summed E-state index contributed by atoms with van der Waals surface area (Å²) in [5, 5.41) is 3.03. The van der Waals surface area contributed by atoms with Gasteiger partial charge in [0, 0.05) is 37.9 Å². The lowest BCUT2D eigenvalue weighted by molar-refractivity contribution is -0.137. The highest BCUT2D eigenvalue weighted by atomic mass is 19.4. The smallest absolute Gasteiger partial charge is 0.349 e. The largest absolute Gasteiger partial charge is 0.416 e. The molecule has 1 aliphatic heterocycles. The molecule has 1 atom stereocenters. The number of aromatic nitrogens is 1. The van der Waals surface area contributed by atoms with Crippen LogP contribution in [0.15, 0.2) is 48.7 Å². The van der Waals surface area contributed by atoms with E-state index in [1.54, 1.807) is 11.1 Å². The van der Waals surface area contributed by atoms with Crippen LogP contribution in [0.4, 0.5) is 13.2 Å². The molecule has 4 rings (SSSR count). The van der Waals surface area contributed by atoms with E-state index >= 15 is 0 Å². The number of amides is 2. The Hall–Kier alpha value is -2.94. The van der Waals surface area contributed by atoms with Crippen molar-refractivity contribution >= 4 is 11.8 Å². The number of benzene rings is 1. The number of hydrogen-bond donors (Lipinski definition) is 1. The Balaban J connectivity index is 1.37. The molecule has 1 unspecified atom stereocenters. The average molecular weight is 475 g/mol. The Morgan fingerprint density at radius 3 is 2.26 bits per heavy atom. The molecule has 2 amide bonds. The highest BCUT2D eigenvalue weighted by Crippen LogP contribution is 2.32. The number of rotatable bonds is 6. The summed E-state index contributed by atoms with van der Waals surface area (Å²) in [6.07, 6.45) is 1.50. The van der Waals surface area contributed by atoms with Crippen LogP contribution in [0.2, 0.25) is 0 Å². The molecule has 1 saturated carbocycles. The fourth-order valence-electron chi connectivity index (χ4n) is 4.92. The van der Waals surface area contributed by atoms with Crippen LogP contribution in [0.25, 0.3) is 0 Å². The van der Waals surface area contributed by atoms with Crippen LogP contribution in [-0.2, 0) is 17.5 Å². The molecule has 1 aromatic heterocycles. The molecule has 1 aromatic carbocycles. The maximum Gasteiger partial charge on any atom is 0.416 e. The Kier molecular flexibility index (Phi) is 7.50. The summed E-state index contributed by atoms with van der Waals surface area (Å²) in [5.41, 5.74) is 0.264. The van der Waals surface area contributed by atoms with Gasteiger partial charge >= 0.3 is 6.18 Å². The lowest BCUT2D eigenvalue weighted by Gasteiger charge is -2.40. The maximum atomic E-state index is 13.2. The minimum atomic E-state index is -4.43. The zero-order valence-electron chi connectivity index (χ0n) is 18.9. The third-order valence-corrected chi connectivity index (χ3v) is 6.74. The van der Waals surface area contributed by atoms with Gasteiger partial charge in [-0.3, -0.25) is 19.5 Å². The quantitative estimate of drug-likeness (QED) is 0.693. The van der Waals surface area contributed by atoms with Crippen molar-refractivity contribution in [2.45, 2.75) is 44.4 Å². The van der Waals surface area contributed by atoms with Gasteiger partial charge in [0.25, 0.3) is 5.91 Å². The van der Waals surface area contributed by atoms with Gasteiger partial charge in [0.15, 0.2) is 0 Å². The van der Waals surface area contributed by atoms with Gasteiger partial charge in [0.05, 0.1) is 23.8 Å². The van der Waals surface area contributed by atoms with E-state index < -0.39 is 11.7 Å². The summed E-state index contributed by atoms with van der Waals surface area (Å²) in [5.74, 6) is -0.0219. The molecule has 2 heterocycles. The van der Waals surface area contributed by atoms with Crippen molar-refractivity contribution in [2.75, 3.05) is 26.2 Å². The molecule has 2 aromatic rings. The third-order valence-electron chi connectivity index (χ3n) is 6.74. The summed E-state index contributed by atoms with van der Waals surface area (Å²) in [6.45, 7) is 2.32. The number of nitrogens with one attached hydrogen (secondary N) is 1. The van der Waals surface area contributed by atoms with Gasteiger partial charge in [0.2, 0.25) is 5.91 Å². The predicted molar refractivity (Wildman–Crippen MR) is 121 cm³/mol. The van der Waals surface area contributed by atoms with Crippen LogP contribution in [-0.4, -0.2) is 58.8 Å². The SMILES string of the molecule is O=C(NCc1ccccn1)C(C1CCCC1)N1CCN(C(=O)c2ccc(C(F)(F)F)cc2)CC1. The van der Waals surface area contributed by atoms with Crippen LogP contribution in [0, 0.1) is 5.92 Å². The van der Waals surface area contributed by atoms with E-state index in [2.05, 4.69) is 15.2 Å². The van der Waals surface area contributed by atoms with Gasteiger partial charge in [-0.2, -0.15) is 13.2 Å². The molecule has 2 fully saturated rings. The van der Waals surface area contributed by atoms with Crippen molar-refractivity contribution < 1.29 is 22.8 Å². The summed E-state index contributed by atoms with van der Waals surface area (Å²) >= 11 is 0. The number of pyridine rings is 1. The van der Waals surface area contributed by atoms with Crippen molar-refractivity contribution in [1.82, 2.24) is 20.1 Å². The van der Waals surface area contributed by atoms with Gasteiger partial charge in [-0.15, -0.1) is 0 Å². The minimum Gasteiger partial charge on any atom is -0.349 e. The van der Waals surface area contributed by atoms with Gasteiger partial charge in [0.1, 0.15) is 0 Å². The third kappa shape index (κ3) is 5.75. The van der Waals surface area contributed by atoms with Crippen LogP contribution in [0.5, 0.6) is 0 Å². The first kappa shape index (κ1) is 24.2. The van der Waals surface area contributed by atoms with Crippen molar-refractivity contribution in [3.8, 4) is 0 Å². The zero-order chi connectivity index (χ0) is 24.1. The monoisotopic (exact) mass is 474 g/mol. The molecule has 34 heavy (non-hydrogen) atoms. The van der Waals surface area contributed by atoms with Gasteiger partial charge in [-0.05, 0) is 55.2 Å². The number of alkyl halides is 3. The molecule has 182 valence electrons. The van der Waals surface area contributed by atoms with E-state index in [1.807, 2.05) is 18.2 Å². The van der Waals surface area contributed by atoms with Gasteiger partial charge in [-0.1, -0.05) is 18.9 Å². The lowest BCUT2D eigenvalue weighted by atomic mass is 9.95. The first-order valence-corrected chi connectivity index (χ1v) is 11.7. The minimum absolute atomic E-state index is 0.0138. The van der Waals surface area contributed by atoms with Crippen LogP contribution in [0.1, 0.15) is 47.3 Å². The summed E-state index contributed by atoms with van der Waals surface area (Å²) in [6, 6.07) is 9.66. The van der Waals surface area contributed by atoms with Crippen molar-refractivity contribution in [3.63, 3.8) is 0 Å². The van der Waals surface area contributed by atoms with E-state index in [9.17, 15) is 22.8 Å². The van der Waals surface area contributed by atoms with E-state index in [1.165, 1.54) is 12.1 Å². The molecular weight excluding hydrogens is 445 g/mol. The topological polar surface area (TPSA) is 65.5 Å². The first-order chi connectivity index (χ1) is 16.3. The van der Waals surface area contributed by atoms with Crippen LogP contribution < -0.4 is 5.32 Å². The maximum absolute atomic E-state index is 13.2. The van der Waals surface area contributed by atoms with Crippen LogP contribution >= 0.6 is 0 Å². The normalized spacial score (nSPS) is 18.6. The number of hydrogen-bond acceptors (Lipinski definition) is 4. The summed E-state index contributed by atoms with van der Waals surface area (Å²) in [7, 11) is 0. The predicted octanol–water partition coefficient (Wildman–Crippen LogP) is 3.73. The van der Waals surface area contributed by atoms with E-state index in [0.29, 0.717) is 32.7 Å². The zero-order valence-corrected chi connectivity index (χ0v) is 18.9. The van der Waals surface area contributed by atoms with E-state index in [-0.39, 0.29) is 29.3 Å². The second-order valence-electron chi connectivity index (χ2n) is 8.93. The Labute approximate surface area is 197 Å². The number of piperazine rings is 1. The number of halogens is 3. The second-order valence-corrected chi connectivity index (χ2v) is 8.93. The highest BCUT2D eigenvalue weighted by Gasteiger charge is 2.37. The lowest BCUT2D eigenvalue weighted by Crippen LogP contribution is -2.57. The summed E-state index contributed by atoms with van der Waals surface area (Å²) in [4.78, 5) is 34.1. The molecular formula is C25H29F3N4O2. The second kappa shape index (κ2) is 10.5. The summed E-state index contributed by atoms with van der Waals surface area (Å²) < 4.78 is 38.4. The van der Waals surface area contributed by atoms with Crippen molar-refractivity contribution in [3.05, 3.63) is 65.5 Å². The Morgan fingerprint density at radius 2 is 1.68 bits per heavy atom. The molecule has 1 aliphatic carbocycles. The fourth-order valence-corrected chi connectivity index (χ4v) is 4.92. The first-order valence-electron chi connectivity index (χ1n) is 11.7. The molecule has 6 nitrogen and oxygen atoms in total. The average Bonchev–Trinajstić information content (AvgIpc) is 3.37.